The molecule has 0 saturated heterocycles. The monoisotopic (exact) mass is 426 g/mol. The van der Waals surface area contributed by atoms with Crippen molar-refractivity contribution in [2.45, 2.75) is 19.4 Å². The Balaban J connectivity index is 2.29. The summed E-state index contributed by atoms with van der Waals surface area (Å²) in [5, 5.41) is 5.02. The van der Waals surface area contributed by atoms with Crippen molar-refractivity contribution in [3.05, 3.63) is 35.6 Å². The van der Waals surface area contributed by atoms with Crippen molar-refractivity contribution in [3.8, 4) is 0 Å². The smallest absolute Gasteiger partial charge is 0.0847 e. The molecule has 104 valence electrons. The van der Waals surface area contributed by atoms with Crippen molar-refractivity contribution in [1.29, 1.82) is 0 Å². The van der Waals surface area contributed by atoms with E-state index in [2.05, 4.69) is 48.5 Å². The Morgan fingerprint density at radius 3 is 2.68 bits per heavy atom. The molecule has 1 unspecified atom stereocenters. The second-order valence-electron chi connectivity index (χ2n) is 4.16. The van der Waals surface area contributed by atoms with E-state index in [1.807, 2.05) is 14.0 Å². The van der Waals surface area contributed by atoms with Gasteiger partial charge in [-0.1, -0.05) is 11.6 Å². The predicted octanol–water partition coefficient (Wildman–Crippen LogP) is 3.72. The summed E-state index contributed by atoms with van der Waals surface area (Å²) < 4.78 is 3.88. The fourth-order valence-electron chi connectivity index (χ4n) is 1.87. The van der Waals surface area contributed by atoms with Gasteiger partial charge < -0.3 is 0 Å². The Labute approximate surface area is 137 Å². The first kappa shape index (κ1) is 15.5. The van der Waals surface area contributed by atoms with Crippen LogP contribution in [0.2, 0.25) is 5.02 Å². The minimum atomic E-state index is -0.0000926. The van der Waals surface area contributed by atoms with Gasteiger partial charge in [-0.2, -0.15) is 5.10 Å². The maximum absolute atomic E-state index is 6.27. The lowest BCUT2D eigenvalue weighted by molar-refractivity contribution is 0.537. The van der Waals surface area contributed by atoms with Gasteiger partial charge in [-0.15, -0.1) is 11.3 Å². The van der Waals surface area contributed by atoms with Crippen LogP contribution in [0.5, 0.6) is 0 Å². The lowest BCUT2D eigenvalue weighted by Gasteiger charge is -2.14. The van der Waals surface area contributed by atoms with Gasteiger partial charge in [0.15, 0.2) is 0 Å². The van der Waals surface area contributed by atoms with E-state index in [0.717, 1.165) is 24.5 Å². The third-order valence-corrected chi connectivity index (χ3v) is 6.73. The summed E-state index contributed by atoms with van der Waals surface area (Å²) in [5.41, 5.74) is 4.65. The molecule has 19 heavy (non-hydrogen) atoms. The molecule has 0 fully saturated rings. The molecule has 0 saturated carbocycles. The van der Waals surface area contributed by atoms with Crippen molar-refractivity contribution in [1.82, 2.24) is 15.2 Å². The van der Waals surface area contributed by atoms with Gasteiger partial charge in [-0.3, -0.25) is 16.0 Å². The Morgan fingerprint density at radius 1 is 1.58 bits per heavy atom. The van der Waals surface area contributed by atoms with Crippen LogP contribution >= 0.6 is 54.8 Å². The number of aryl methyl sites for hydroxylation is 2. The van der Waals surface area contributed by atoms with Crippen LogP contribution in [-0.4, -0.2) is 9.78 Å². The van der Waals surface area contributed by atoms with Crippen LogP contribution in [0.4, 0.5) is 0 Å². The summed E-state index contributed by atoms with van der Waals surface area (Å²) in [6.07, 6.45) is 0.687. The molecule has 0 aliphatic heterocycles. The summed E-state index contributed by atoms with van der Waals surface area (Å²) >= 11 is 14.9. The summed E-state index contributed by atoms with van der Waals surface area (Å²) in [4.78, 5) is 1.14. The van der Waals surface area contributed by atoms with Crippen LogP contribution < -0.4 is 11.3 Å². The fourth-order valence-corrected chi connectivity index (χ4v) is 4.26. The van der Waals surface area contributed by atoms with Crippen LogP contribution in [0, 0.1) is 6.92 Å². The first-order valence-corrected chi connectivity index (χ1v) is 8.31. The number of nitrogens with one attached hydrogen (secondary N) is 1. The van der Waals surface area contributed by atoms with Crippen LogP contribution in [0.3, 0.4) is 0 Å². The number of hydrazine groups is 1. The second kappa shape index (κ2) is 6.24. The number of aromatic nitrogens is 2. The zero-order valence-corrected chi connectivity index (χ0v) is 15.1. The standard InChI is InChI=1S/C11H13Br2ClN4S/c1-5-10(14)8(18(2)17-5)4-7(16-15)9-3-6(12)11(13)19-9/h3,7,16H,4,15H2,1-2H3. The summed E-state index contributed by atoms with van der Waals surface area (Å²) in [7, 11) is 1.89. The van der Waals surface area contributed by atoms with Crippen molar-refractivity contribution in [2.24, 2.45) is 12.9 Å². The molecule has 1 atom stereocenters. The van der Waals surface area contributed by atoms with Gasteiger partial charge in [0, 0.05) is 22.8 Å². The summed E-state index contributed by atoms with van der Waals surface area (Å²) in [6.45, 7) is 1.90. The highest BCUT2D eigenvalue weighted by molar-refractivity contribution is 9.13. The SMILES string of the molecule is Cc1nn(C)c(CC(NN)c2cc(Br)c(Br)s2)c1Cl. The van der Waals surface area contributed by atoms with Gasteiger partial charge in [-0.25, -0.2) is 0 Å². The van der Waals surface area contributed by atoms with E-state index in [4.69, 9.17) is 17.4 Å². The van der Waals surface area contributed by atoms with Crippen molar-refractivity contribution >= 4 is 54.8 Å². The molecule has 2 heterocycles. The predicted molar refractivity (Wildman–Crippen MR) is 86.4 cm³/mol. The Morgan fingerprint density at radius 2 is 2.26 bits per heavy atom. The van der Waals surface area contributed by atoms with Crippen molar-refractivity contribution < 1.29 is 0 Å². The molecule has 0 aliphatic rings. The maximum atomic E-state index is 6.27. The lowest BCUT2D eigenvalue weighted by Crippen LogP contribution is -2.29. The molecule has 0 radical (unpaired) electrons. The zero-order valence-electron chi connectivity index (χ0n) is 10.4. The first-order chi connectivity index (χ1) is 8.93. The summed E-state index contributed by atoms with van der Waals surface area (Å²) in [6, 6.07) is 2.05. The van der Waals surface area contributed by atoms with Crippen molar-refractivity contribution in [2.75, 3.05) is 0 Å². The van der Waals surface area contributed by atoms with E-state index < -0.39 is 0 Å². The van der Waals surface area contributed by atoms with Gasteiger partial charge in [0.25, 0.3) is 0 Å². The highest BCUT2D eigenvalue weighted by Crippen LogP contribution is 2.36. The molecule has 0 amide bonds. The zero-order chi connectivity index (χ0) is 14.2. The van der Waals surface area contributed by atoms with Gasteiger partial charge in [0.05, 0.1) is 26.2 Å². The van der Waals surface area contributed by atoms with Gasteiger partial charge in [0.1, 0.15) is 0 Å². The molecule has 2 aromatic rings. The van der Waals surface area contributed by atoms with E-state index in [9.17, 15) is 0 Å². The lowest BCUT2D eigenvalue weighted by atomic mass is 10.1. The van der Waals surface area contributed by atoms with E-state index in [1.54, 1.807) is 16.0 Å². The number of nitrogens with zero attached hydrogens (tertiary/aromatic N) is 2. The molecule has 3 N–H and O–H groups in total. The van der Waals surface area contributed by atoms with Crippen LogP contribution in [0.15, 0.2) is 14.3 Å². The molecule has 2 rings (SSSR count). The van der Waals surface area contributed by atoms with Crippen LogP contribution in [0.1, 0.15) is 22.3 Å². The van der Waals surface area contributed by atoms with E-state index in [-0.39, 0.29) is 6.04 Å². The number of rotatable bonds is 4. The molecular formula is C11H13Br2ClN4S. The van der Waals surface area contributed by atoms with Crippen LogP contribution in [0.25, 0.3) is 0 Å². The highest BCUT2D eigenvalue weighted by atomic mass is 79.9. The highest BCUT2D eigenvalue weighted by Gasteiger charge is 2.20. The average molecular weight is 429 g/mol. The topological polar surface area (TPSA) is 55.9 Å². The Bertz CT molecular complexity index is 576. The van der Waals surface area contributed by atoms with Gasteiger partial charge in [0.2, 0.25) is 0 Å². The summed E-state index contributed by atoms with van der Waals surface area (Å²) in [5.74, 6) is 5.67. The number of nitrogens with two attached hydrogens (primary N) is 1. The number of hydrogen-bond acceptors (Lipinski definition) is 4. The molecule has 0 aromatic carbocycles. The molecule has 0 bridgehead atoms. The fraction of sp³-hybridized carbons (Fsp3) is 0.364. The maximum Gasteiger partial charge on any atom is 0.0847 e. The number of halogens is 3. The first-order valence-electron chi connectivity index (χ1n) is 5.52. The molecule has 4 nitrogen and oxygen atoms in total. The van der Waals surface area contributed by atoms with Crippen LogP contribution in [-0.2, 0) is 13.5 Å². The minimum absolute atomic E-state index is 0.0000926. The molecule has 0 aliphatic carbocycles. The third-order valence-electron chi connectivity index (χ3n) is 2.87. The largest absolute Gasteiger partial charge is 0.271 e. The van der Waals surface area contributed by atoms with E-state index in [1.165, 1.54) is 0 Å². The Kier molecular flexibility index (Phi) is 5.08. The quantitative estimate of drug-likeness (QED) is 0.577. The molecule has 2 aromatic heterocycles. The normalized spacial score (nSPS) is 12.9. The Hall–Kier alpha value is 0.0800. The van der Waals surface area contributed by atoms with E-state index in [0.29, 0.717) is 11.4 Å². The minimum Gasteiger partial charge on any atom is -0.271 e. The molecule has 8 heteroatoms. The third kappa shape index (κ3) is 3.22. The van der Waals surface area contributed by atoms with Gasteiger partial charge in [-0.05, 0) is 44.8 Å². The number of hydrogen-bond donors (Lipinski definition) is 2. The van der Waals surface area contributed by atoms with Gasteiger partial charge >= 0.3 is 0 Å². The van der Waals surface area contributed by atoms with E-state index >= 15 is 0 Å². The second-order valence-corrected chi connectivity index (χ2v) is 7.80. The van der Waals surface area contributed by atoms with Crippen molar-refractivity contribution in [3.63, 3.8) is 0 Å². The molecular weight excluding hydrogens is 415 g/mol. The number of thiophene rings is 1. The average Bonchev–Trinajstić information content (AvgIpc) is 2.80. The molecule has 0 spiro atoms.